The molecule has 0 saturated carbocycles. The third-order valence-corrected chi connectivity index (χ3v) is 3.50. The van der Waals surface area contributed by atoms with Crippen LogP contribution >= 0.6 is 0 Å². The number of nitrogens with zero attached hydrogens (tertiary/aromatic N) is 2. The minimum atomic E-state index is 0.817. The van der Waals surface area contributed by atoms with Crippen molar-refractivity contribution in [2.75, 3.05) is 26.7 Å². The maximum atomic E-state index is 4.21. The molecule has 2 heterocycles. The summed E-state index contributed by atoms with van der Waals surface area (Å²) in [7, 11) is 2.20. The van der Waals surface area contributed by atoms with Gasteiger partial charge in [-0.2, -0.15) is 5.10 Å². The summed E-state index contributed by atoms with van der Waals surface area (Å²) in [4.78, 5) is 2.40. The summed E-state index contributed by atoms with van der Waals surface area (Å²) in [6.07, 6.45) is 1.33. The zero-order chi connectivity index (χ0) is 11.5. The Balaban J connectivity index is 1.76. The smallest absolute Gasteiger partial charge is 0.0638 e. The second-order valence-corrected chi connectivity index (χ2v) is 4.96. The lowest BCUT2D eigenvalue weighted by atomic mass is 10.1. The summed E-state index contributed by atoms with van der Waals surface area (Å²) in [5, 5.41) is 10.8. The van der Waals surface area contributed by atoms with Crippen molar-refractivity contribution >= 4 is 0 Å². The van der Waals surface area contributed by atoms with Gasteiger partial charge in [0.25, 0.3) is 0 Å². The SMILES string of the molecule is Cc1n[nH]c(C)c1CNCC1CCN(C)C1. The van der Waals surface area contributed by atoms with Crippen LogP contribution in [0.3, 0.4) is 0 Å². The first-order valence-electron chi connectivity index (χ1n) is 6.06. The van der Waals surface area contributed by atoms with Crippen molar-refractivity contribution in [3.8, 4) is 0 Å². The van der Waals surface area contributed by atoms with Gasteiger partial charge >= 0.3 is 0 Å². The lowest BCUT2D eigenvalue weighted by Gasteiger charge is -2.11. The molecule has 90 valence electrons. The van der Waals surface area contributed by atoms with Crippen LogP contribution in [0.15, 0.2) is 0 Å². The molecule has 0 aromatic carbocycles. The van der Waals surface area contributed by atoms with Crippen molar-refractivity contribution in [1.82, 2.24) is 20.4 Å². The number of H-pyrrole nitrogens is 1. The molecule has 2 rings (SSSR count). The predicted octanol–water partition coefficient (Wildman–Crippen LogP) is 1.07. The van der Waals surface area contributed by atoms with Gasteiger partial charge in [-0.15, -0.1) is 0 Å². The quantitative estimate of drug-likeness (QED) is 0.801. The molecule has 4 heteroatoms. The van der Waals surface area contributed by atoms with Crippen LogP contribution < -0.4 is 5.32 Å². The highest BCUT2D eigenvalue weighted by Gasteiger charge is 2.18. The highest BCUT2D eigenvalue weighted by molar-refractivity contribution is 5.22. The Morgan fingerprint density at radius 1 is 1.50 bits per heavy atom. The second-order valence-electron chi connectivity index (χ2n) is 4.96. The van der Waals surface area contributed by atoms with E-state index < -0.39 is 0 Å². The molecule has 1 unspecified atom stereocenters. The molecule has 0 amide bonds. The summed E-state index contributed by atoms with van der Waals surface area (Å²) in [5.74, 6) is 0.817. The number of aromatic amines is 1. The number of aryl methyl sites for hydroxylation is 2. The van der Waals surface area contributed by atoms with Crippen LogP contribution in [0, 0.1) is 19.8 Å². The van der Waals surface area contributed by atoms with Gasteiger partial charge in [-0.3, -0.25) is 5.10 Å². The average Bonchev–Trinajstić information content (AvgIpc) is 2.78. The van der Waals surface area contributed by atoms with E-state index in [0.29, 0.717) is 0 Å². The Morgan fingerprint density at radius 2 is 2.31 bits per heavy atom. The lowest BCUT2D eigenvalue weighted by molar-refractivity contribution is 0.388. The van der Waals surface area contributed by atoms with E-state index in [0.717, 1.165) is 24.7 Å². The Hall–Kier alpha value is -0.870. The van der Waals surface area contributed by atoms with Crippen LogP contribution in [-0.4, -0.2) is 41.8 Å². The summed E-state index contributed by atoms with van der Waals surface area (Å²) >= 11 is 0. The molecule has 0 aliphatic carbocycles. The van der Waals surface area contributed by atoms with E-state index in [4.69, 9.17) is 0 Å². The molecule has 1 aliphatic heterocycles. The number of hydrogen-bond acceptors (Lipinski definition) is 3. The Bertz CT molecular complexity index is 325. The molecule has 1 aliphatic rings. The van der Waals surface area contributed by atoms with E-state index in [2.05, 4.69) is 41.3 Å². The first-order valence-corrected chi connectivity index (χ1v) is 6.06. The Morgan fingerprint density at radius 3 is 2.88 bits per heavy atom. The zero-order valence-electron chi connectivity index (χ0n) is 10.5. The van der Waals surface area contributed by atoms with Crippen molar-refractivity contribution in [1.29, 1.82) is 0 Å². The molecule has 1 aromatic heterocycles. The fourth-order valence-electron chi connectivity index (χ4n) is 2.43. The largest absolute Gasteiger partial charge is 0.312 e. The van der Waals surface area contributed by atoms with Crippen molar-refractivity contribution in [2.24, 2.45) is 5.92 Å². The van der Waals surface area contributed by atoms with Gasteiger partial charge in [0.15, 0.2) is 0 Å². The normalized spacial score (nSPS) is 21.8. The van der Waals surface area contributed by atoms with Gasteiger partial charge < -0.3 is 10.2 Å². The lowest BCUT2D eigenvalue weighted by Crippen LogP contribution is -2.25. The van der Waals surface area contributed by atoms with Gasteiger partial charge in [0.1, 0.15) is 0 Å². The van der Waals surface area contributed by atoms with E-state index in [1.54, 1.807) is 0 Å². The zero-order valence-corrected chi connectivity index (χ0v) is 10.5. The van der Waals surface area contributed by atoms with E-state index in [-0.39, 0.29) is 0 Å². The van der Waals surface area contributed by atoms with Gasteiger partial charge in [-0.05, 0) is 46.3 Å². The van der Waals surface area contributed by atoms with Gasteiger partial charge in [0, 0.05) is 24.3 Å². The highest BCUT2D eigenvalue weighted by Crippen LogP contribution is 2.14. The van der Waals surface area contributed by atoms with Gasteiger partial charge in [-0.25, -0.2) is 0 Å². The van der Waals surface area contributed by atoms with Crippen molar-refractivity contribution in [3.63, 3.8) is 0 Å². The molecule has 1 fully saturated rings. The third-order valence-electron chi connectivity index (χ3n) is 3.50. The monoisotopic (exact) mass is 222 g/mol. The minimum Gasteiger partial charge on any atom is -0.312 e. The van der Waals surface area contributed by atoms with E-state index in [1.165, 1.54) is 30.8 Å². The molecule has 0 bridgehead atoms. The van der Waals surface area contributed by atoms with Crippen LogP contribution in [0.1, 0.15) is 23.4 Å². The number of likely N-dealkylation sites (tertiary alicyclic amines) is 1. The summed E-state index contributed by atoms with van der Waals surface area (Å²) in [6.45, 7) is 8.68. The molecule has 4 nitrogen and oxygen atoms in total. The highest BCUT2D eigenvalue weighted by atomic mass is 15.1. The molecule has 1 saturated heterocycles. The summed E-state index contributed by atoms with van der Waals surface area (Å²) < 4.78 is 0. The summed E-state index contributed by atoms with van der Waals surface area (Å²) in [6, 6.07) is 0. The van der Waals surface area contributed by atoms with E-state index in [9.17, 15) is 0 Å². The fourth-order valence-corrected chi connectivity index (χ4v) is 2.43. The number of rotatable bonds is 4. The number of nitrogens with one attached hydrogen (secondary N) is 2. The first-order chi connectivity index (χ1) is 7.66. The maximum absolute atomic E-state index is 4.21. The molecule has 2 N–H and O–H groups in total. The predicted molar refractivity (Wildman–Crippen MR) is 65.4 cm³/mol. The van der Waals surface area contributed by atoms with E-state index in [1.807, 2.05) is 0 Å². The Kier molecular flexibility index (Phi) is 3.61. The van der Waals surface area contributed by atoms with Crippen LogP contribution in [0.25, 0.3) is 0 Å². The third kappa shape index (κ3) is 2.62. The van der Waals surface area contributed by atoms with Crippen LogP contribution in [0.5, 0.6) is 0 Å². The average molecular weight is 222 g/mol. The molecular formula is C12H22N4. The molecule has 0 radical (unpaired) electrons. The van der Waals surface area contributed by atoms with Crippen molar-refractivity contribution in [3.05, 3.63) is 17.0 Å². The van der Waals surface area contributed by atoms with Gasteiger partial charge in [-0.1, -0.05) is 0 Å². The van der Waals surface area contributed by atoms with Gasteiger partial charge in [0.05, 0.1) is 5.69 Å². The van der Waals surface area contributed by atoms with Crippen molar-refractivity contribution < 1.29 is 0 Å². The van der Waals surface area contributed by atoms with Crippen LogP contribution in [0.2, 0.25) is 0 Å². The minimum absolute atomic E-state index is 0.817. The molecule has 1 atom stereocenters. The molecule has 16 heavy (non-hydrogen) atoms. The Labute approximate surface area is 97.4 Å². The molecule has 0 spiro atoms. The van der Waals surface area contributed by atoms with E-state index >= 15 is 0 Å². The van der Waals surface area contributed by atoms with Gasteiger partial charge in [0.2, 0.25) is 0 Å². The summed E-state index contributed by atoms with van der Waals surface area (Å²) in [5.41, 5.74) is 3.63. The number of hydrogen-bond donors (Lipinski definition) is 2. The molecule has 1 aromatic rings. The number of aromatic nitrogens is 2. The first kappa shape index (κ1) is 11.6. The standard InChI is InChI=1S/C12H22N4/c1-9-12(10(2)15-14-9)7-13-6-11-4-5-16(3)8-11/h11,13H,4-8H2,1-3H3,(H,14,15). The van der Waals surface area contributed by atoms with Crippen LogP contribution in [-0.2, 0) is 6.54 Å². The topological polar surface area (TPSA) is 44.0 Å². The second kappa shape index (κ2) is 4.97. The maximum Gasteiger partial charge on any atom is 0.0638 e. The molecular weight excluding hydrogens is 200 g/mol. The van der Waals surface area contributed by atoms with Crippen LogP contribution in [0.4, 0.5) is 0 Å². The van der Waals surface area contributed by atoms with Crippen molar-refractivity contribution in [2.45, 2.75) is 26.8 Å². The fraction of sp³-hybridized carbons (Fsp3) is 0.750.